The van der Waals surface area contributed by atoms with Crippen LogP contribution in [0.5, 0.6) is 0 Å². The largest absolute Gasteiger partial charge is 0.481 e. The van der Waals surface area contributed by atoms with E-state index in [4.69, 9.17) is 0 Å². The van der Waals surface area contributed by atoms with Crippen LogP contribution in [0.4, 0.5) is 5.69 Å². The van der Waals surface area contributed by atoms with E-state index in [2.05, 4.69) is 10.6 Å². The van der Waals surface area contributed by atoms with Crippen LogP contribution in [0.1, 0.15) is 71.3 Å². The fourth-order valence-electron chi connectivity index (χ4n) is 5.38. The first kappa shape index (κ1) is 25.7. The molecular formula is C26H36N2O6. The van der Waals surface area contributed by atoms with Crippen LogP contribution in [0, 0.1) is 22.7 Å². The number of aliphatic carboxylic acids is 2. The highest BCUT2D eigenvalue weighted by Crippen LogP contribution is 2.56. The predicted octanol–water partition coefficient (Wildman–Crippen LogP) is 3.84. The van der Waals surface area contributed by atoms with Crippen molar-refractivity contribution in [3.8, 4) is 0 Å². The SMILES string of the molecule is CC1(C)[C@H](C(=O)N[C@@H](Cc2ccc(NC(=O)C3CCCCC3)cc2)C(=O)O)CC[C@]1(C)C(=O)O. The maximum atomic E-state index is 13.0. The Kier molecular flexibility index (Phi) is 7.68. The molecule has 2 aliphatic carbocycles. The third-order valence-corrected chi connectivity index (χ3v) is 8.27. The van der Waals surface area contributed by atoms with E-state index in [1.807, 2.05) is 0 Å². The molecule has 2 saturated carbocycles. The van der Waals surface area contributed by atoms with Gasteiger partial charge in [-0.2, -0.15) is 0 Å². The molecule has 8 nitrogen and oxygen atoms in total. The summed E-state index contributed by atoms with van der Waals surface area (Å²) >= 11 is 0. The monoisotopic (exact) mass is 472 g/mol. The molecule has 1 aromatic rings. The Labute approximate surface area is 200 Å². The summed E-state index contributed by atoms with van der Waals surface area (Å²) in [6.07, 6.45) is 5.99. The van der Waals surface area contributed by atoms with Gasteiger partial charge in [-0.1, -0.05) is 45.2 Å². The molecule has 2 fully saturated rings. The molecule has 0 heterocycles. The van der Waals surface area contributed by atoms with Crippen LogP contribution in [0.2, 0.25) is 0 Å². The smallest absolute Gasteiger partial charge is 0.326 e. The standard InChI is InChI=1S/C26H36N2O6/c1-25(2)19(13-14-26(25,3)24(33)34)22(30)28-20(23(31)32)15-16-9-11-18(12-10-16)27-21(29)17-7-5-4-6-8-17/h9-12,17,19-20H,4-8,13-15H2,1-3H3,(H,27,29)(H,28,30)(H,31,32)(H,33,34)/t19-,20-,26+/m0/s1. The van der Waals surface area contributed by atoms with Crippen LogP contribution in [0.15, 0.2) is 24.3 Å². The molecule has 0 aliphatic heterocycles. The molecule has 2 aliphatic rings. The van der Waals surface area contributed by atoms with Gasteiger partial charge >= 0.3 is 11.9 Å². The third kappa shape index (κ3) is 5.26. The van der Waals surface area contributed by atoms with Crippen molar-refractivity contribution in [1.82, 2.24) is 5.32 Å². The highest BCUT2D eigenvalue weighted by atomic mass is 16.4. The molecule has 34 heavy (non-hydrogen) atoms. The van der Waals surface area contributed by atoms with Gasteiger partial charge in [-0.25, -0.2) is 4.79 Å². The van der Waals surface area contributed by atoms with Gasteiger partial charge in [0.05, 0.1) is 5.41 Å². The van der Waals surface area contributed by atoms with E-state index in [0.717, 1.165) is 25.7 Å². The lowest BCUT2D eigenvalue weighted by atomic mass is 9.65. The van der Waals surface area contributed by atoms with Crippen LogP contribution in [0.3, 0.4) is 0 Å². The Bertz CT molecular complexity index is 935. The summed E-state index contributed by atoms with van der Waals surface area (Å²) in [4.78, 5) is 49.1. The number of hydrogen-bond donors (Lipinski definition) is 4. The van der Waals surface area contributed by atoms with Gasteiger partial charge in [0.1, 0.15) is 6.04 Å². The lowest BCUT2D eigenvalue weighted by Crippen LogP contribution is -2.49. The fraction of sp³-hybridized carbons (Fsp3) is 0.615. The molecule has 0 spiro atoms. The molecule has 0 unspecified atom stereocenters. The summed E-state index contributed by atoms with van der Waals surface area (Å²) in [5.74, 6) is -3.05. The second-order valence-corrected chi connectivity index (χ2v) is 10.6. The molecule has 0 aromatic heterocycles. The van der Waals surface area contributed by atoms with Crippen molar-refractivity contribution in [2.75, 3.05) is 5.32 Å². The number of carbonyl (C=O) groups excluding carboxylic acids is 2. The average Bonchev–Trinajstić information content (AvgIpc) is 3.05. The van der Waals surface area contributed by atoms with Gasteiger partial charge in [-0.15, -0.1) is 0 Å². The maximum Gasteiger partial charge on any atom is 0.326 e. The Hall–Kier alpha value is -2.90. The molecule has 1 aromatic carbocycles. The predicted molar refractivity (Wildman–Crippen MR) is 127 cm³/mol. The van der Waals surface area contributed by atoms with E-state index in [0.29, 0.717) is 24.1 Å². The summed E-state index contributed by atoms with van der Waals surface area (Å²) < 4.78 is 0. The van der Waals surface area contributed by atoms with Crippen molar-refractivity contribution >= 4 is 29.4 Å². The Balaban J connectivity index is 1.62. The van der Waals surface area contributed by atoms with Crippen molar-refractivity contribution in [3.05, 3.63) is 29.8 Å². The average molecular weight is 473 g/mol. The number of hydrogen-bond acceptors (Lipinski definition) is 4. The van der Waals surface area contributed by atoms with E-state index in [9.17, 15) is 29.4 Å². The lowest BCUT2D eigenvalue weighted by molar-refractivity contribution is -0.155. The van der Waals surface area contributed by atoms with E-state index in [1.165, 1.54) is 6.42 Å². The number of nitrogens with one attached hydrogen (secondary N) is 2. The molecule has 3 rings (SSSR count). The maximum absolute atomic E-state index is 13.0. The van der Waals surface area contributed by atoms with Gasteiger partial charge in [-0.3, -0.25) is 14.4 Å². The first-order chi connectivity index (χ1) is 16.0. The van der Waals surface area contributed by atoms with E-state index in [1.54, 1.807) is 45.0 Å². The minimum Gasteiger partial charge on any atom is -0.481 e. The zero-order valence-electron chi connectivity index (χ0n) is 20.2. The number of benzene rings is 1. The zero-order valence-corrected chi connectivity index (χ0v) is 20.2. The number of anilines is 1. The first-order valence-corrected chi connectivity index (χ1v) is 12.1. The Morgan fingerprint density at radius 2 is 1.56 bits per heavy atom. The molecule has 2 amide bonds. The molecule has 0 radical (unpaired) electrons. The van der Waals surface area contributed by atoms with Gasteiger partial charge < -0.3 is 20.8 Å². The van der Waals surface area contributed by atoms with Gasteiger partial charge in [0.2, 0.25) is 11.8 Å². The number of carboxylic acid groups (broad SMARTS) is 2. The molecule has 8 heteroatoms. The van der Waals surface area contributed by atoms with Crippen molar-refractivity contribution in [3.63, 3.8) is 0 Å². The Morgan fingerprint density at radius 3 is 2.09 bits per heavy atom. The quantitative estimate of drug-likeness (QED) is 0.454. The van der Waals surface area contributed by atoms with Gasteiger partial charge in [0.15, 0.2) is 0 Å². The van der Waals surface area contributed by atoms with E-state index in [-0.39, 0.29) is 18.2 Å². The van der Waals surface area contributed by atoms with Gasteiger partial charge in [0, 0.05) is 23.9 Å². The summed E-state index contributed by atoms with van der Waals surface area (Å²) in [5.41, 5.74) is -0.490. The van der Waals surface area contributed by atoms with E-state index >= 15 is 0 Å². The van der Waals surface area contributed by atoms with Crippen molar-refractivity contribution in [2.45, 2.75) is 78.2 Å². The summed E-state index contributed by atoms with van der Waals surface area (Å²) in [6, 6.07) is 5.85. The topological polar surface area (TPSA) is 133 Å². The molecular weight excluding hydrogens is 436 g/mol. The summed E-state index contributed by atoms with van der Waals surface area (Å²) in [7, 11) is 0. The van der Waals surface area contributed by atoms with Crippen LogP contribution >= 0.6 is 0 Å². The van der Waals surface area contributed by atoms with E-state index < -0.39 is 40.6 Å². The molecule has 186 valence electrons. The minimum absolute atomic E-state index is 0.0238. The molecule has 0 saturated heterocycles. The van der Waals surface area contributed by atoms with Crippen LogP contribution in [-0.4, -0.2) is 40.0 Å². The van der Waals surface area contributed by atoms with Crippen molar-refractivity contribution in [1.29, 1.82) is 0 Å². The van der Waals surface area contributed by atoms with Crippen LogP contribution in [0.25, 0.3) is 0 Å². The number of carboxylic acids is 2. The zero-order chi connectivity index (χ0) is 25.1. The first-order valence-electron chi connectivity index (χ1n) is 12.1. The van der Waals surface area contributed by atoms with Gasteiger partial charge in [-0.05, 0) is 55.7 Å². The Morgan fingerprint density at radius 1 is 0.941 bits per heavy atom. The minimum atomic E-state index is -1.15. The number of amides is 2. The molecule has 4 N–H and O–H groups in total. The fourth-order valence-corrected chi connectivity index (χ4v) is 5.38. The second-order valence-electron chi connectivity index (χ2n) is 10.6. The van der Waals surface area contributed by atoms with Crippen molar-refractivity contribution < 1.29 is 29.4 Å². The summed E-state index contributed by atoms with van der Waals surface area (Å²) in [5, 5.41) is 24.9. The highest BCUT2D eigenvalue weighted by molar-refractivity contribution is 5.92. The summed E-state index contributed by atoms with van der Waals surface area (Å²) in [6.45, 7) is 5.16. The normalized spacial score (nSPS) is 25.3. The molecule has 3 atom stereocenters. The highest BCUT2D eigenvalue weighted by Gasteiger charge is 2.58. The van der Waals surface area contributed by atoms with Crippen LogP contribution in [-0.2, 0) is 25.6 Å². The number of rotatable bonds is 8. The lowest BCUT2D eigenvalue weighted by Gasteiger charge is -2.38. The second kappa shape index (κ2) is 10.2. The third-order valence-electron chi connectivity index (χ3n) is 8.27. The van der Waals surface area contributed by atoms with Crippen molar-refractivity contribution in [2.24, 2.45) is 22.7 Å². The number of carbonyl (C=O) groups is 4. The van der Waals surface area contributed by atoms with Gasteiger partial charge in [0.25, 0.3) is 0 Å². The van der Waals surface area contributed by atoms with Crippen LogP contribution < -0.4 is 10.6 Å². The molecule has 0 bridgehead atoms.